The lowest BCUT2D eigenvalue weighted by Gasteiger charge is -2.15. The minimum absolute atomic E-state index is 0.158. The van der Waals surface area contributed by atoms with Gasteiger partial charge in [0.2, 0.25) is 5.95 Å². The predicted molar refractivity (Wildman–Crippen MR) is 86.9 cm³/mol. The van der Waals surface area contributed by atoms with Gasteiger partial charge in [0.15, 0.2) is 17.4 Å². The van der Waals surface area contributed by atoms with Crippen molar-refractivity contribution < 1.29 is 25.2 Å². The van der Waals surface area contributed by atoms with Crippen molar-refractivity contribution in [1.82, 2.24) is 19.1 Å². The average Bonchev–Trinajstić information content (AvgIpc) is 3.03. The molecule has 3 heterocycles. The molecule has 1 fully saturated rings. The van der Waals surface area contributed by atoms with Crippen molar-refractivity contribution in [3.8, 4) is 11.8 Å². The number of nitrogens with two attached hydrogens (primary N) is 1. The third kappa shape index (κ3) is 2.77. The van der Waals surface area contributed by atoms with Gasteiger partial charge in [-0.25, -0.2) is 9.36 Å². The molecule has 2 aromatic rings. The van der Waals surface area contributed by atoms with Gasteiger partial charge in [0.05, 0.1) is 13.2 Å². The van der Waals surface area contributed by atoms with Crippen LogP contribution in [-0.2, 0) is 11.3 Å². The van der Waals surface area contributed by atoms with E-state index < -0.39 is 49.0 Å². The Bertz CT molecular complexity index is 997. The molecule has 0 aromatic carbocycles. The van der Waals surface area contributed by atoms with Crippen LogP contribution in [0.1, 0.15) is 6.23 Å². The molecule has 4 atom stereocenters. The van der Waals surface area contributed by atoms with E-state index in [-0.39, 0.29) is 23.7 Å². The maximum Gasteiger partial charge on any atom is 0.333 e. The van der Waals surface area contributed by atoms with Crippen LogP contribution < -0.4 is 17.0 Å². The van der Waals surface area contributed by atoms with Crippen molar-refractivity contribution in [2.45, 2.75) is 31.1 Å². The quantitative estimate of drug-likeness (QED) is 0.294. The van der Waals surface area contributed by atoms with Crippen LogP contribution in [0.25, 0.3) is 11.2 Å². The van der Waals surface area contributed by atoms with E-state index in [1.54, 1.807) is 0 Å². The van der Waals surface area contributed by atoms with Crippen LogP contribution in [-0.4, -0.2) is 71.1 Å². The van der Waals surface area contributed by atoms with E-state index in [9.17, 15) is 24.9 Å². The second-order valence-corrected chi connectivity index (χ2v) is 5.60. The molecular formula is C14H17N5O7. The first-order valence-corrected chi connectivity index (χ1v) is 7.60. The summed E-state index contributed by atoms with van der Waals surface area (Å²) in [7, 11) is 0. The summed E-state index contributed by atoms with van der Waals surface area (Å²) in [5.74, 6) is 4.61. The van der Waals surface area contributed by atoms with E-state index in [4.69, 9.17) is 15.6 Å². The number of nitrogens with one attached hydrogen (secondary N) is 1. The number of nitrogen functional groups attached to an aromatic ring is 1. The van der Waals surface area contributed by atoms with Crippen molar-refractivity contribution in [2.24, 2.45) is 0 Å². The number of H-pyrrole nitrogens is 1. The van der Waals surface area contributed by atoms with Crippen molar-refractivity contribution in [2.75, 3.05) is 18.9 Å². The zero-order valence-electron chi connectivity index (χ0n) is 13.4. The average molecular weight is 367 g/mol. The monoisotopic (exact) mass is 367 g/mol. The summed E-state index contributed by atoms with van der Waals surface area (Å²) in [6.07, 6.45) is -5.50. The first-order chi connectivity index (χ1) is 12.4. The number of ether oxygens (including phenoxy) is 1. The summed E-state index contributed by atoms with van der Waals surface area (Å²) in [4.78, 5) is 31.3. The van der Waals surface area contributed by atoms with Crippen molar-refractivity contribution in [3.63, 3.8) is 0 Å². The molecule has 1 unspecified atom stereocenters. The number of aliphatic hydroxyl groups excluding tert-OH is 4. The fourth-order valence-corrected chi connectivity index (χ4v) is 2.86. The first-order valence-electron chi connectivity index (χ1n) is 7.60. The van der Waals surface area contributed by atoms with Crippen LogP contribution in [0.5, 0.6) is 0 Å². The van der Waals surface area contributed by atoms with Gasteiger partial charge in [0.1, 0.15) is 24.9 Å². The molecular weight excluding hydrogens is 350 g/mol. The summed E-state index contributed by atoms with van der Waals surface area (Å²) >= 11 is 0. The lowest BCUT2D eigenvalue weighted by atomic mass is 10.1. The van der Waals surface area contributed by atoms with Crippen molar-refractivity contribution in [1.29, 1.82) is 0 Å². The number of hydrogen-bond acceptors (Lipinski definition) is 9. The van der Waals surface area contributed by atoms with Gasteiger partial charge in [-0.3, -0.25) is 14.3 Å². The number of rotatable bonds is 3. The van der Waals surface area contributed by atoms with E-state index in [2.05, 4.69) is 21.8 Å². The summed E-state index contributed by atoms with van der Waals surface area (Å²) in [6, 6.07) is 0. The highest BCUT2D eigenvalue weighted by Crippen LogP contribution is 2.30. The van der Waals surface area contributed by atoms with E-state index in [1.165, 1.54) is 0 Å². The van der Waals surface area contributed by atoms with E-state index in [1.807, 2.05) is 0 Å². The number of fused-ring (bicyclic) bond motifs is 1. The van der Waals surface area contributed by atoms with Gasteiger partial charge in [0.25, 0.3) is 5.56 Å². The van der Waals surface area contributed by atoms with Crippen LogP contribution in [0.4, 0.5) is 5.95 Å². The summed E-state index contributed by atoms with van der Waals surface area (Å²) < 4.78 is 7.22. The minimum atomic E-state index is -1.55. The fourth-order valence-electron chi connectivity index (χ4n) is 2.86. The van der Waals surface area contributed by atoms with E-state index in [0.29, 0.717) is 0 Å². The molecule has 0 bridgehead atoms. The Morgan fingerprint density at radius 3 is 2.58 bits per heavy atom. The van der Waals surface area contributed by atoms with Gasteiger partial charge in [0, 0.05) is 0 Å². The van der Waals surface area contributed by atoms with Gasteiger partial charge in [-0.15, -0.1) is 0 Å². The number of anilines is 1. The Hall–Kier alpha value is -2.69. The number of aliphatic hydroxyl groups is 4. The molecule has 12 nitrogen and oxygen atoms in total. The van der Waals surface area contributed by atoms with Gasteiger partial charge in [-0.1, -0.05) is 11.8 Å². The molecule has 0 spiro atoms. The van der Waals surface area contributed by atoms with Gasteiger partial charge < -0.3 is 30.9 Å². The van der Waals surface area contributed by atoms with Crippen LogP contribution in [0.2, 0.25) is 0 Å². The van der Waals surface area contributed by atoms with Gasteiger partial charge in [-0.2, -0.15) is 4.98 Å². The number of hydrogen-bond donors (Lipinski definition) is 6. The zero-order chi connectivity index (χ0) is 19.0. The second kappa shape index (κ2) is 6.90. The fraction of sp³-hybridized carbons (Fsp3) is 0.500. The lowest BCUT2D eigenvalue weighted by molar-refractivity contribution is -0.0527. The third-order valence-electron chi connectivity index (χ3n) is 4.04. The predicted octanol–water partition coefficient (Wildman–Crippen LogP) is -3.92. The largest absolute Gasteiger partial charge is 0.394 e. The van der Waals surface area contributed by atoms with Crippen molar-refractivity contribution in [3.05, 3.63) is 20.8 Å². The lowest BCUT2D eigenvalue weighted by Crippen LogP contribution is -2.36. The van der Waals surface area contributed by atoms with Gasteiger partial charge >= 0.3 is 5.69 Å². The Labute approximate surface area is 145 Å². The number of aromatic amines is 1. The highest BCUT2D eigenvalue weighted by molar-refractivity contribution is 5.72. The molecule has 2 aromatic heterocycles. The van der Waals surface area contributed by atoms with Crippen LogP contribution in [0, 0.1) is 11.8 Å². The molecule has 0 amide bonds. The number of imidazole rings is 1. The standard InChI is InChI=1S/C14H17N5O7/c15-13-16-10-7(11(24)17-13)18(3-1-2-4-20)14(25)19(10)12-9(23)8(22)6(5-21)26-12/h6,8-9,12,20-23H,3-5H2,(H3,15,16,17,24)/t6-,8?,9+,12-/m1/s1. The zero-order valence-corrected chi connectivity index (χ0v) is 13.4. The highest BCUT2D eigenvalue weighted by Gasteiger charge is 2.45. The van der Waals surface area contributed by atoms with E-state index in [0.717, 1.165) is 9.13 Å². The molecule has 12 heteroatoms. The molecule has 0 saturated carbocycles. The third-order valence-corrected chi connectivity index (χ3v) is 4.04. The van der Waals surface area contributed by atoms with Crippen LogP contribution in [0.3, 0.4) is 0 Å². The Morgan fingerprint density at radius 2 is 1.96 bits per heavy atom. The molecule has 1 aliphatic rings. The topological polar surface area (TPSA) is 189 Å². The smallest absolute Gasteiger partial charge is 0.333 e. The SMILES string of the molecule is Nc1nc2c(c(=O)[nH]1)n(CC#CCO)c(=O)n2[C@@H]1O[C@H](CO)C(O)[C@@H]1O. The minimum Gasteiger partial charge on any atom is -0.394 e. The maximum atomic E-state index is 12.8. The second-order valence-electron chi connectivity index (χ2n) is 5.60. The molecule has 0 radical (unpaired) electrons. The maximum absolute atomic E-state index is 12.8. The molecule has 7 N–H and O–H groups in total. The molecule has 1 saturated heterocycles. The molecule has 3 rings (SSSR count). The molecule has 140 valence electrons. The van der Waals surface area contributed by atoms with E-state index >= 15 is 0 Å². The summed E-state index contributed by atoms with van der Waals surface area (Å²) in [6.45, 7) is -1.24. The highest BCUT2D eigenvalue weighted by atomic mass is 16.6. The van der Waals surface area contributed by atoms with Crippen molar-refractivity contribution >= 4 is 17.1 Å². The Morgan fingerprint density at radius 1 is 1.23 bits per heavy atom. The molecule has 0 aliphatic carbocycles. The van der Waals surface area contributed by atoms with Gasteiger partial charge in [-0.05, 0) is 0 Å². The molecule has 1 aliphatic heterocycles. The number of nitrogens with zero attached hydrogens (tertiary/aromatic N) is 3. The summed E-state index contributed by atoms with van der Waals surface area (Å²) in [5.41, 5.74) is 3.72. The Kier molecular flexibility index (Phi) is 4.81. The normalized spacial score (nSPS) is 25.4. The first kappa shape index (κ1) is 18.1. The van der Waals surface area contributed by atoms with Crippen LogP contribution >= 0.6 is 0 Å². The number of aromatic nitrogens is 4. The molecule has 26 heavy (non-hydrogen) atoms. The Balaban J connectivity index is 2.24. The van der Waals surface area contributed by atoms with Crippen LogP contribution in [0.15, 0.2) is 9.59 Å². The summed E-state index contributed by atoms with van der Waals surface area (Å²) in [5, 5.41) is 38.1.